The molecule has 2 aliphatic heterocycles. The van der Waals surface area contributed by atoms with E-state index in [2.05, 4.69) is 16.7 Å². The van der Waals surface area contributed by atoms with Crippen molar-refractivity contribution in [2.75, 3.05) is 45.9 Å². The van der Waals surface area contributed by atoms with Gasteiger partial charge in [0.1, 0.15) is 0 Å². The second kappa shape index (κ2) is 6.33. The van der Waals surface area contributed by atoms with Gasteiger partial charge in [0.2, 0.25) is 0 Å². The van der Waals surface area contributed by atoms with Gasteiger partial charge in [-0.15, -0.1) is 0 Å². The van der Waals surface area contributed by atoms with E-state index in [-0.39, 0.29) is 5.54 Å². The Bertz CT molecular complexity index is 255. The van der Waals surface area contributed by atoms with E-state index in [9.17, 15) is 0 Å². The minimum atomic E-state index is 0.0183. The molecule has 0 aromatic rings. The number of likely N-dealkylation sites (tertiary alicyclic amines) is 2. The molecule has 106 valence electrons. The first kappa shape index (κ1) is 14.3. The predicted molar refractivity (Wildman–Crippen MR) is 74.7 cm³/mol. The minimum absolute atomic E-state index is 0.0183. The summed E-state index contributed by atoms with van der Waals surface area (Å²) in [6.07, 6.45) is 4.05. The molecule has 2 heterocycles. The summed E-state index contributed by atoms with van der Waals surface area (Å²) >= 11 is 0. The van der Waals surface area contributed by atoms with Crippen LogP contribution in [0.1, 0.15) is 33.1 Å². The van der Waals surface area contributed by atoms with Gasteiger partial charge in [-0.25, -0.2) is 0 Å². The standard InChI is InChI=1S/C14H29N3O/c1-3-18-12-14(2,11-15)17-9-6-13(10-17)16-7-4-5-8-16/h13H,3-12,15H2,1-2H3. The van der Waals surface area contributed by atoms with E-state index in [1.54, 1.807) is 0 Å². The molecule has 2 atom stereocenters. The summed E-state index contributed by atoms with van der Waals surface area (Å²) in [4.78, 5) is 5.21. The Morgan fingerprint density at radius 3 is 2.61 bits per heavy atom. The summed E-state index contributed by atoms with van der Waals surface area (Å²) in [6.45, 7) is 11.4. The lowest BCUT2D eigenvalue weighted by Crippen LogP contribution is -2.54. The molecule has 0 aliphatic carbocycles. The van der Waals surface area contributed by atoms with E-state index in [0.717, 1.165) is 19.3 Å². The van der Waals surface area contributed by atoms with Crippen molar-refractivity contribution >= 4 is 0 Å². The first-order valence-electron chi connectivity index (χ1n) is 7.46. The smallest absolute Gasteiger partial charge is 0.0659 e. The highest BCUT2D eigenvalue weighted by atomic mass is 16.5. The van der Waals surface area contributed by atoms with Crippen molar-refractivity contribution in [1.29, 1.82) is 0 Å². The van der Waals surface area contributed by atoms with Crippen molar-refractivity contribution in [3.05, 3.63) is 0 Å². The number of nitrogens with two attached hydrogens (primary N) is 1. The number of nitrogens with zero attached hydrogens (tertiary/aromatic N) is 2. The van der Waals surface area contributed by atoms with Gasteiger partial charge in [-0.05, 0) is 46.2 Å². The quantitative estimate of drug-likeness (QED) is 0.766. The zero-order chi connectivity index (χ0) is 13.0. The summed E-state index contributed by atoms with van der Waals surface area (Å²) in [7, 11) is 0. The summed E-state index contributed by atoms with van der Waals surface area (Å²) in [5.74, 6) is 0. The third kappa shape index (κ3) is 3.05. The second-order valence-electron chi connectivity index (χ2n) is 5.97. The SMILES string of the molecule is CCOCC(C)(CN)N1CCC(N2CCCC2)C1. The van der Waals surface area contributed by atoms with Gasteiger partial charge >= 0.3 is 0 Å². The molecular formula is C14H29N3O. The normalized spacial score (nSPS) is 29.8. The Kier molecular flexibility index (Phi) is 5.01. The van der Waals surface area contributed by atoms with Crippen LogP contribution >= 0.6 is 0 Å². The van der Waals surface area contributed by atoms with Crippen LogP contribution in [0.15, 0.2) is 0 Å². The molecule has 2 rings (SSSR count). The van der Waals surface area contributed by atoms with Crippen molar-refractivity contribution in [3.63, 3.8) is 0 Å². The molecule has 0 aromatic heterocycles. The van der Waals surface area contributed by atoms with Crippen LogP contribution in [0.4, 0.5) is 0 Å². The lowest BCUT2D eigenvalue weighted by Gasteiger charge is -2.38. The highest BCUT2D eigenvalue weighted by Gasteiger charge is 2.38. The van der Waals surface area contributed by atoms with Crippen LogP contribution in [0.3, 0.4) is 0 Å². The Morgan fingerprint density at radius 2 is 2.00 bits per heavy atom. The maximum Gasteiger partial charge on any atom is 0.0659 e. The topological polar surface area (TPSA) is 41.7 Å². The van der Waals surface area contributed by atoms with E-state index in [4.69, 9.17) is 10.5 Å². The van der Waals surface area contributed by atoms with Crippen molar-refractivity contribution in [3.8, 4) is 0 Å². The van der Waals surface area contributed by atoms with Crippen LogP contribution in [-0.2, 0) is 4.74 Å². The zero-order valence-electron chi connectivity index (χ0n) is 12.0. The van der Waals surface area contributed by atoms with Crippen LogP contribution in [0.2, 0.25) is 0 Å². The fraction of sp³-hybridized carbons (Fsp3) is 1.00. The maximum atomic E-state index is 5.99. The lowest BCUT2D eigenvalue weighted by molar-refractivity contribution is 0.0194. The molecule has 0 saturated carbocycles. The van der Waals surface area contributed by atoms with Crippen molar-refractivity contribution in [1.82, 2.24) is 9.80 Å². The summed E-state index contributed by atoms with van der Waals surface area (Å²) in [6, 6.07) is 0.750. The number of rotatable bonds is 6. The highest BCUT2D eigenvalue weighted by Crippen LogP contribution is 2.26. The lowest BCUT2D eigenvalue weighted by atomic mass is 10.0. The number of hydrogen-bond acceptors (Lipinski definition) is 4. The van der Waals surface area contributed by atoms with Gasteiger partial charge in [0.15, 0.2) is 0 Å². The third-order valence-corrected chi connectivity index (χ3v) is 4.64. The first-order valence-corrected chi connectivity index (χ1v) is 7.46. The van der Waals surface area contributed by atoms with Crippen molar-refractivity contribution in [2.24, 2.45) is 5.73 Å². The number of hydrogen-bond donors (Lipinski definition) is 1. The average molecular weight is 255 g/mol. The van der Waals surface area contributed by atoms with Gasteiger partial charge in [0.05, 0.1) is 12.1 Å². The van der Waals surface area contributed by atoms with Gasteiger partial charge in [-0.1, -0.05) is 0 Å². The van der Waals surface area contributed by atoms with E-state index in [1.807, 2.05) is 6.92 Å². The fourth-order valence-electron chi connectivity index (χ4n) is 3.24. The molecule has 0 spiro atoms. The van der Waals surface area contributed by atoms with E-state index < -0.39 is 0 Å². The summed E-state index contributed by atoms with van der Waals surface area (Å²) in [5.41, 5.74) is 6.01. The van der Waals surface area contributed by atoms with Crippen molar-refractivity contribution < 1.29 is 4.74 Å². The van der Waals surface area contributed by atoms with Gasteiger partial charge in [-0.3, -0.25) is 9.80 Å². The molecule has 2 aliphatic rings. The zero-order valence-corrected chi connectivity index (χ0v) is 12.0. The van der Waals surface area contributed by atoms with Crippen LogP contribution < -0.4 is 5.73 Å². The van der Waals surface area contributed by atoms with Crippen LogP contribution in [0, 0.1) is 0 Å². The van der Waals surface area contributed by atoms with Gasteiger partial charge in [-0.2, -0.15) is 0 Å². The van der Waals surface area contributed by atoms with Crippen LogP contribution in [0.5, 0.6) is 0 Å². The predicted octanol–water partition coefficient (Wildman–Crippen LogP) is 0.910. The molecule has 2 fully saturated rings. The summed E-state index contributed by atoms with van der Waals surface area (Å²) < 4.78 is 5.63. The monoisotopic (exact) mass is 255 g/mol. The molecule has 2 unspecified atom stereocenters. The number of ether oxygens (including phenoxy) is 1. The first-order chi connectivity index (χ1) is 8.69. The molecule has 2 N–H and O–H groups in total. The Labute approximate surface area is 111 Å². The molecule has 4 heteroatoms. The van der Waals surface area contributed by atoms with Crippen LogP contribution in [0.25, 0.3) is 0 Å². The largest absolute Gasteiger partial charge is 0.380 e. The molecule has 18 heavy (non-hydrogen) atoms. The fourth-order valence-corrected chi connectivity index (χ4v) is 3.24. The molecule has 2 saturated heterocycles. The average Bonchev–Trinajstić information content (AvgIpc) is 3.05. The highest BCUT2D eigenvalue weighted by molar-refractivity contribution is 4.95. The molecule has 0 bridgehead atoms. The van der Waals surface area contributed by atoms with Gasteiger partial charge < -0.3 is 10.5 Å². The van der Waals surface area contributed by atoms with E-state index in [1.165, 1.54) is 45.4 Å². The second-order valence-corrected chi connectivity index (χ2v) is 5.97. The van der Waals surface area contributed by atoms with E-state index in [0.29, 0.717) is 6.54 Å². The minimum Gasteiger partial charge on any atom is -0.380 e. The third-order valence-electron chi connectivity index (χ3n) is 4.64. The Morgan fingerprint density at radius 1 is 1.28 bits per heavy atom. The maximum absolute atomic E-state index is 5.99. The molecule has 4 nitrogen and oxygen atoms in total. The molecule has 0 aromatic carbocycles. The molecule has 0 radical (unpaired) electrons. The van der Waals surface area contributed by atoms with Gasteiger partial charge in [0.25, 0.3) is 0 Å². The van der Waals surface area contributed by atoms with Gasteiger partial charge in [0, 0.05) is 32.3 Å². The molecular weight excluding hydrogens is 226 g/mol. The van der Waals surface area contributed by atoms with E-state index >= 15 is 0 Å². The Balaban J connectivity index is 1.89. The van der Waals surface area contributed by atoms with Crippen molar-refractivity contribution in [2.45, 2.75) is 44.7 Å². The Hall–Kier alpha value is -0.160. The summed E-state index contributed by atoms with van der Waals surface area (Å²) in [5, 5.41) is 0. The van der Waals surface area contributed by atoms with Crippen LogP contribution in [-0.4, -0.2) is 67.3 Å². The molecule has 0 amide bonds.